The molecule has 0 aromatic heterocycles. The van der Waals surface area contributed by atoms with Crippen LogP contribution in [0.15, 0.2) is 40.9 Å². The lowest BCUT2D eigenvalue weighted by molar-refractivity contribution is -0.384. The highest BCUT2D eigenvalue weighted by Crippen LogP contribution is 2.28. The van der Waals surface area contributed by atoms with Crippen LogP contribution in [0.4, 0.5) is 22.7 Å². The molecule has 2 rings (SSSR count). The number of rotatable bonds is 4. The van der Waals surface area contributed by atoms with Gasteiger partial charge in [0.1, 0.15) is 0 Å². The van der Waals surface area contributed by atoms with Gasteiger partial charge >= 0.3 is 0 Å². The molecule has 0 amide bonds. The highest BCUT2D eigenvalue weighted by Gasteiger charge is 2.10. The minimum Gasteiger partial charge on any atom is -0.388 e. The maximum Gasteiger partial charge on any atom is 0.273 e. The van der Waals surface area contributed by atoms with Crippen molar-refractivity contribution in [3.05, 3.63) is 56.5 Å². The highest BCUT2D eigenvalue weighted by molar-refractivity contribution is 9.10. The van der Waals surface area contributed by atoms with Gasteiger partial charge in [-0.1, -0.05) is 15.9 Å². The van der Waals surface area contributed by atoms with E-state index in [0.29, 0.717) is 11.4 Å². The van der Waals surface area contributed by atoms with Gasteiger partial charge in [-0.3, -0.25) is 10.1 Å². The number of aryl methyl sites for hydroxylation is 1. The number of nitrogens with one attached hydrogen (secondary N) is 2. The Labute approximate surface area is 125 Å². The van der Waals surface area contributed by atoms with Gasteiger partial charge < -0.3 is 10.6 Å². The van der Waals surface area contributed by atoms with Crippen molar-refractivity contribution in [3.63, 3.8) is 0 Å². The van der Waals surface area contributed by atoms with E-state index in [-0.39, 0.29) is 5.69 Å². The number of benzene rings is 2. The van der Waals surface area contributed by atoms with Crippen LogP contribution in [0.3, 0.4) is 0 Å². The summed E-state index contributed by atoms with van der Waals surface area (Å²) < 4.78 is 0.996. The van der Waals surface area contributed by atoms with E-state index in [1.54, 1.807) is 7.05 Å². The van der Waals surface area contributed by atoms with Crippen molar-refractivity contribution < 1.29 is 4.92 Å². The number of nitro benzene ring substituents is 1. The van der Waals surface area contributed by atoms with Gasteiger partial charge in [0.15, 0.2) is 0 Å². The molecule has 0 aliphatic carbocycles. The quantitative estimate of drug-likeness (QED) is 0.639. The Morgan fingerprint density at radius 1 is 1.15 bits per heavy atom. The summed E-state index contributed by atoms with van der Waals surface area (Å²) in [6, 6.07) is 10.7. The number of nitrogens with zero attached hydrogens (tertiary/aromatic N) is 1. The highest BCUT2D eigenvalue weighted by atomic mass is 79.9. The van der Waals surface area contributed by atoms with E-state index in [9.17, 15) is 10.1 Å². The van der Waals surface area contributed by atoms with Crippen molar-refractivity contribution in [3.8, 4) is 0 Å². The SMILES string of the molecule is CNc1cc(Nc2ccc(Br)cc2C)cc([N+](=O)[O-])c1. The molecule has 0 saturated heterocycles. The summed E-state index contributed by atoms with van der Waals surface area (Å²) in [6.45, 7) is 1.98. The lowest BCUT2D eigenvalue weighted by Crippen LogP contribution is -1.97. The van der Waals surface area contributed by atoms with E-state index in [1.165, 1.54) is 12.1 Å². The van der Waals surface area contributed by atoms with Crippen LogP contribution in [0, 0.1) is 17.0 Å². The topological polar surface area (TPSA) is 67.2 Å². The number of hydrogen-bond acceptors (Lipinski definition) is 4. The Balaban J connectivity index is 2.37. The van der Waals surface area contributed by atoms with E-state index >= 15 is 0 Å². The number of anilines is 3. The summed E-state index contributed by atoms with van der Waals surface area (Å²) >= 11 is 3.41. The van der Waals surface area contributed by atoms with Crippen LogP contribution >= 0.6 is 15.9 Å². The van der Waals surface area contributed by atoms with Gasteiger partial charge in [0.05, 0.1) is 4.92 Å². The van der Waals surface area contributed by atoms with Crippen LogP contribution in [0.2, 0.25) is 0 Å². The van der Waals surface area contributed by atoms with Crippen molar-refractivity contribution in [2.24, 2.45) is 0 Å². The van der Waals surface area contributed by atoms with E-state index in [0.717, 1.165) is 15.7 Å². The van der Waals surface area contributed by atoms with Gasteiger partial charge in [-0.25, -0.2) is 0 Å². The molecule has 2 aromatic carbocycles. The monoisotopic (exact) mass is 335 g/mol. The lowest BCUT2D eigenvalue weighted by Gasteiger charge is -2.11. The summed E-state index contributed by atoms with van der Waals surface area (Å²) in [7, 11) is 1.73. The first-order valence-electron chi connectivity index (χ1n) is 6.00. The number of non-ortho nitro benzene ring substituents is 1. The average molecular weight is 336 g/mol. The Morgan fingerprint density at radius 2 is 1.85 bits per heavy atom. The molecule has 0 unspecified atom stereocenters. The summed E-state index contributed by atoms with van der Waals surface area (Å²) in [5, 5.41) is 17.1. The molecular weight excluding hydrogens is 322 g/mol. The first-order chi connectivity index (χ1) is 9.49. The van der Waals surface area contributed by atoms with Gasteiger partial charge in [0, 0.05) is 40.7 Å². The van der Waals surface area contributed by atoms with Crippen LogP contribution in [-0.2, 0) is 0 Å². The molecule has 104 valence electrons. The summed E-state index contributed by atoms with van der Waals surface area (Å²) in [6.07, 6.45) is 0. The molecule has 0 aliphatic rings. The molecule has 0 bridgehead atoms. The second-order valence-electron chi connectivity index (χ2n) is 4.36. The Bertz CT molecular complexity index is 659. The Hall–Kier alpha value is -2.08. The van der Waals surface area contributed by atoms with Crippen molar-refractivity contribution in [2.75, 3.05) is 17.7 Å². The first-order valence-corrected chi connectivity index (χ1v) is 6.79. The molecule has 0 fully saturated rings. The smallest absolute Gasteiger partial charge is 0.273 e. The van der Waals surface area contributed by atoms with Gasteiger partial charge in [-0.15, -0.1) is 0 Å². The maximum absolute atomic E-state index is 10.9. The molecule has 2 N–H and O–H groups in total. The molecule has 20 heavy (non-hydrogen) atoms. The van der Waals surface area contributed by atoms with Crippen molar-refractivity contribution in [2.45, 2.75) is 6.92 Å². The fraction of sp³-hybridized carbons (Fsp3) is 0.143. The van der Waals surface area contributed by atoms with Crippen LogP contribution in [0.1, 0.15) is 5.56 Å². The second-order valence-corrected chi connectivity index (χ2v) is 5.28. The number of nitro groups is 1. The maximum atomic E-state index is 10.9. The molecule has 0 atom stereocenters. The zero-order valence-corrected chi connectivity index (χ0v) is 12.7. The normalized spacial score (nSPS) is 10.2. The summed E-state index contributed by atoms with van der Waals surface area (Å²) in [5.41, 5.74) is 3.38. The third kappa shape index (κ3) is 3.27. The van der Waals surface area contributed by atoms with E-state index in [4.69, 9.17) is 0 Å². The van der Waals surface area contributed by atoms with Crippen LogP contribution in [0.25, 0.3) is 0 Å². The lowest BCUT2D eigenvalue weighted by atomic mass is 10.2. The molecule has 6 heteroatoms. The van der Waals surface area contributed by atoms with Gasteiger partial charge in [0.25, 0.3) is 5.69 Å². The van der Waals surface area contributed by atoms with Crippen molar-refractivity contribution in [1.29, 1.82) is 0 Å². The predicted octanol–water partition coefficient (Wildman–Crippen LogP) is 4.45. The molecular formula is C14H14BrN3O2. The molecule has 0 radical (unpaired) electrons. The third-order valence-corrected chi connectivity index (χ3v) is 3.38. The first kappa shape index (κ1) is 14.3. The fourth-order valence-electron chi connectivity index (χ4n) is 1.86. The minimum absolute atomic E-state index is 0.0501. The van der Waals surface area contributed by atoms with Crippen molar-refractivity contribution >= 4 is 38.7 Å². The van der Waals surface area contributed by atoms with Gasteiger partial charge in [-0.2, -0.15) is 0 Å². The van der Waals surface area contributed by atoms with E-state index in [1.807, 2.05) is 31.2 Å². The standard InChI is InChI=1S/C14H14BrN3O2/c1-9-5-10(15)3-4-14(9)17-12-6-11(16-2)7-13(8-12)18(19)20/h3-8,16-17H,1-2H3. The van der Waals surface area contributed by atoms with Gasteiger partial charge in [-0.05, 0) is 36.8 Å². The summed E-state index contributed by atoms with van der Waals surface area (Å²) in [5.74, 6) is 0. The molecule has 0 saturated carbocycles. The minimum atomic E-state index is -0.402. The fourth-order valence-corrected chi connectivity index (χ4v) is 2.33. The molecule has 0 heterocycles. The van der Waals surface area contributed by atoms with E-state index in [2.05, 4.69) is 26.6 Å². The van der Waals surface area contributed by atoms with E-state index < -0.39 is 4.92 Å². The van der Waals surface area contributed by atoms with Crippen LogP contribution in [0.5, 0.6) is 0 Å². The Kier molecular flexibility index (Phi) is 4.24. The Morgan fingerprint density at radius 3 is 2.45 bits per heavy atom. The molecule has 0 spiro atoms. The van der Waals surface area contributed by atoms with Crippen LogP contribution < -0.4 is 10.6 Å². The second kappa shape index (κ2) is 5.92. The van der Waals surface area contributed by atoms with Crippen molar-refractivity contribution in [1.82, 2.24) is 0 Å². The zero-order valence-electron chi connectivity index (χ0n) is 11.1. The average Bonchev–Trinajstić information content (AvgIpc) is 2.41. The largest absolute Gasteiger partial charge is 0.388 e. The van der Waals surface area contributed by atoms with Crippen LogP contribution in [-0.4, -0.2) is 12.0 Å². The number of halogens is 1. The predicted molar refractivity (Wildman–Crippen MR) is 84.8 cm³/mol. The number of hydrogen-bond donors (Lipinski definition) is 2. The van der Waals surface area contributed by atoms with Gasteiger partial charge in [0.2, 0.25) is 0 Å². The third-order valence-electron chi connectivity index (χ3n) is 2.88. The molecule has 0 aliphatic heterocycles. The molecule has 2 aromatic rings. The molecule has 5 nitrogen and oxygen atoms in total. The summed E-state index contributed by atoms with van der Waals surface area (Å²) in [4.78, 5) is 10.5. The zero-order chi connectivity index (χ0) is 14.7.